The Labute approximate surface area is 89.8 Å². The summed E-state index contributed by atoms with van der Waals surface area (Å²) in [5, 5.41) is 6.66. The van der Waals surface area contributed by atoms with Gasteiger partial charge in [-0.05, 0) is 31.1 Å². The predicted octanol–water partition coefficient (Wildman–Crippen LogP) is 3.16. The van der Waals surface area contributed by atoms with Crippen molar-refractivity contribution in [3.63, 3.8) is 0 Å². The molecule has 2 rings (SSSR count). The number of nitrogens with one attached hydrogen (secondary N) is 1. The van der Waals surface area contributed by atoms with E-state index in [9.17, 15) is 0 Å². The minimum absolute atomic E-state index is 0.809. The van der Waals surface area contributed by atoms with Gasteiger partial charge < -0.3 is 5.32 Å². The summed E-state index contributed by atoms with van der Waals surface area (Å²) < 4.78 is 0. The molecular weight excluding hydrogens is 192 g/mol. The average molecular weight is 210 g/mol. The fraction of sp³-hybridized carbons (Fsp3) is 0.727. The van der Waals surface area contributed by atoms with E-state index in [2.05, 4.69) is 29.5 Å². The van der Waals surface area contributed by atoms with Crippen molar-refractivity contribution in [2.75, 3.05) is 11.9 Å². The van der Waals surface area contributed by atoms with Gasteiger partial charge in [0.1, 0.15) is 0 Å². The maximum Gasteiger partial charge on any atom is 0.182 e. The highest BCUT2D eigenvalue weighted by atomic mass is 32.1. The maximum absolute atomic E-state index is 4.49. The van der Waals surface area contributed by atoms with Crippen molar-refractivity contribution in [2.45, 2.75) is 33.1 Å². The Kier molecular flexibility index (Phi) is 3.06. The van der Waals surface area contributed by atoms with Crippen LogP contribution in [0.5, 0.6) is 0 Å². The van der Waals surface area contributed by atoms with Gasteiger partial charge in [-0.15, -0.1) is 11.3 Å². The van der Waals surface area contributed by atoms with Crippen molar-refractivity contribution >= 4 is 16.5 Å². The largest absolute Gasteiger partial charge is 0.361 e. The van der Waals surface area contributed by atoms with E-state index >= 15 is 0 Å². The SMILES string of the molecule is CCc1csc(NCC(C)C2CC2)n1. The number of hydrogen-bond acceptors (Lipinski definition) is 3. The summed E-state index contributed by atoms with van der Waals surface area (Å²) in [6.45, 7) is 5.56. The van der Waals surface area contributed by atoms with Crippen LogP contribution in [0.15, 0.2) is 5.38 Å². The zero-order valence-corrected chi connectivity index (χ0v) is 9.73. The average Bonchev–Trinajstić information content (AvgIpc) is 2.94. The molecular formula is C11H18N2S. The molecule has 0 aromatic carbocycles. The summed E-state index contributed by atoms with van der Waals surface area (Å²) >= 11 is 1.73. The topological polar surface area (TPSA) is 24.9 Å². The molecule has 0 aliphatic heterocycles. The molecule has 14 heavy (non-hydrogen) atoms. The molecule has 3 heteroatoms. The Morgan fingerprint density at radius 1 is 1.64 bits per heavy atom. The molecule has 1 saturated carbocycles. The minimum atomic E-state index is 0.809. The molecule has 1 aromatic rings. The van der Waals surface area contributed by atoms with Crippen LogP contribution < -0.4 is 5.32 Å². The quantitative estimate of drug-likeness (QED) is 0.807. The van der Waals surface area contributed by atoms with E-state index in [0.717, 1.165) is 29.9 Å². The fourth-order valence-corrected chi connectivity index (χ4v) is 2.43. The lowest BCUT2D eigenvalue weighted by Crippen LogP contribution is -2.12. The first-order chi connectivity index (χ1) is 6.79. The van der Waals surface area contributed by atoms with Crippen LogP contribution in [0.3, 0.4) is 0 Å². The number of rotatable bonds is 5. The third-order valence-corrected chi connectivity index (χ3v) is 3.76. The third-order valence-electron chi connectivity index (χ3n) is 2.92. The number of thiazole rings is 1. The van der Waals surface area contributed by atoms with Gasteiger partial charge in [-0.25, -0.2) is 4.98 Å². The molecule has 0 spiro atoms. The van der Waals surface area contributed by atoms with E-state index in [1.807, 2.05) is 0 Å². The van der Waals surface area contributed by atoms with Crippen molar-refractivity contribution in [3.8, 4) is 0 Å². The number of aryl methyl sites for hydroxylation is 1. The van der Waals surface area contributed by atoms with E-state index in [4.69, 9.17) is 0 Å². The molecule has 1 heterocycles. The lowest BCUT2D eigenvalue weighted by Gasteiger charge is -2.09. The molecule has 1 N–H and O–H groups in total. The second-order valence-corrected chi connectivity index (χ2v) is 5.05. The monoisotopic (exact) mass is 210 g/mol. The normalized spacial score (nSPS) is 18.1. The Balaban J connectivity index is 1.78. The number of anilines is 1. The first kappa shape index (κ1) is 9.97. The smallest absolute Gasteiger partial charge is 0.182 e. The molecule has 2 nitrogen and oxygen atoms in total. The fourth-order valence-electron chi connectivity index (χ4n) is 1.63. The first-order valence-electron chi connectivity index (χ1n) is 5.48. The molecule has 1 aliphatic carbocycles. The van der Waals surface area contributed by atoms with E-state index in [1.165, 1.54) is 18.5 Å². The molecule has 1 fully saturated rings. The summed E-state index contributed by atoms with van der Waals surface area (Å²) in [7, 11) is 0. The Hall–Kier alpha value is -0.570. The minimum Gasteiger partial charge on any atom is -0.361 e. The second-order valence-electron chi connectivity index (χ2n) is 4.19. The molecule has 0 saturated heterocycles. The number of aromatic nitrogens is 1. The van der Waals surface area contributed by atoms with Gasteiger partial charge in [-0.1, -0.05) is 13.8 Å². The van der Waals surface area contributed by atoms with Crippen LogP contribution in [0.25, 0.3) is 0 Å². The van der Waals surface area contributed by atoms with Gasteiger partial charge in [0.15, 0.2) is 5.13 Å². The highest BCUT2D eigenvalue weighted by Gasteiger charge is 2.27. The third kappa shape index (κ3) is 2.47. The van der Waals surface area contributed by atoms with Crippen LogP contribution in [0.1, 0.15) is 32.4 Å². The number of nitrogens with zero attached hydrogens (tertiary/aromatic N) is 1. The summed E-state index contributed by atoms with van der Waals surface area (Å²) in [4.78, 5) is 4.49. The van der Waals surface area contributed by atoms with Crippen LogP contribution in [0, 0.1) is 11.8 Å². The molecule has 1 unspecified atom stereocenters. The molecule has 0 radical (unpaired) electrons. The maximum atomic E-state index is 4.49. The van der Waals surface area contributed by atoms with Gasteiger partial charge in [-0.2, -0.15) is 0 Å². The molecule has 0 amide bonds. The molecule has 0 bridgehead atoms. The van der Waals surface area contributed by atoms with Gasteiger partial charge in [-0.3, -0.25) is 0 Å². The second kappa shape index (κ2) is 4.30. The summed E-state index contributed by atoms with van der Waals surface area (Å²) in [6, 6.07) is 0. The van der Waals surface area contributed by atoms with Crippen LogP contribution >= 0.6 is 11.3 Å². The van der Waals surface area contributed by atoms with Gasteiger partial charge in [0, 0.05) is 11.9 Å². The highest BCUT2D eigenvalue weighted by molar-refractivity contribution is 7.13. The van der Waals surface area contributed by atoms with Crippen molar-refractivity contribution in [1.82, 2.24) is 4.98 Å². The lowest BCUT2D eigenvalue weighted by atomic mass is 10.1. The first-order valence-corrected chi connectivity index (χ1v) is 6.36. The van der Waals surface area contributed by atoms with Gasteiger partial charge in [0.2, 0.25) is 0 Å². The summed E-state index contributed by atoms with van der Waals surface area (Å²) in [5.74, 6) is 1.79. The van der Waals surface area contributed by atoms with Gasteiger partial charge >= 0.3 is 0 Å². The van der Waals surface area contributed by atoms with Crippen molar-refractivity contribution < 1.29 is 0 Å². The lowest BCUT2D eigenvalue weighted by molar-refractivity contribution is 0.536. The van der Waals surface area contributed by atoms with Crippen LogP contribution in [-0.2, 0) is 6.42 Å². The number of hydrogen-bond donors (Lipinski definition) is 1. The van der Waals surface area contributed by atoms with Gasteiger partial charge in [0.05, 0.1) is 5.69 Å². The zero-order chi connectivity index (χ0) is 9.97. The van der Waals surface area contributed by atoms with E-state index in [-0.39, 0.29) is 0 Å². The van der Waals surface area contributed by atoms with E-state index in [0.29, 0.717) is 0 Å². The van der Waals surface area contributed by atoms with Crippen LogP contribution in [0.2, 0.25) is 0 Å². The van der Waals surface area contributed by atoms with Crippen molar-refractivity contribution in [2.24, 2.45) is 11.8 Å². The van der Waals surface area contributed by atoms with Crippen LogP contribution in [-0.4, -0.2) is 11.5 Å². The van der Waals surface area contributed by atoms with Crippen molar-refractivity contribution in [1.29, 1.82) is 0 Å². The highest BCUT2D eigenvalue weighted by Crippen LogP contribution is 2.36. The zero-order valence-electron chi connectivity index (χ0n) is 8.92. The van der Waals surface area contributed by atoms with Crippen LogP contribution in [0.4, 0.5) is 5.13 Å². The molecule has 1 aromatic heterocycles. The summed E-state index contributed by atoms with van der Waals surface area (Å²) in [6.07, 6.45) is 3.90. The Morgan fingerprint density at radius 2 is 2.43 bits per heavy atom. The predicted molar refractivity (Wildman–Crippen MR) is 61.9 cm³/mol. The Morgan fingerprint density at radius 3 is 3.00 bits per heavy atom. The van der Waals surface area contributed by atoms with E-state index < -0.39 is 0 Å². The summed E-state index contributed by atoms with van der Waals surface area (Å²) in [5.41, 5.74) is 1.21. The standard InChI is InChI=1S/C11H18N2S/c1-3-10-7-14-11(13-10)12-6-8(2)9-4-5-9/h7-9H,3-6H2,1-2H3,(H,12,13). The van der Waals surface area contributed by atoms with E-state index in [1.54, 1.807) is 11.3 Å². The molecule has 78 valence electrons. The Bertz CT molecular complexity index is 291. The van der Waals surface area contributed by atoms with Crippen molar-refractivity contribution in [3.05, 3.63) is 11.1 Å². The molecule has 1 aliphatic rings. The molecule has 1 atom stereocenters. The van der Waals surface area contributed by atoms with Gasteiger partial charge in [0.25, 0.3) is 0 Å².